The summed E-state index contributed by atoms with van der Waals surface area (Å²) >= 11 is 0. The number of likely N-dealkylation sites (N-methyl/N-ethyl adjacent to an activating group) is 1. The molecule has 0 heterocycles. The van der Waals surface area contributed by atoms with Crippen LogP contribution in [0.25, 0.3) is 0 Å². The Labute approximate surface area is 141 Å². The second kappa shape index (κ2) is 11.9. The van der Waals surface area contributed by atoms with Crippen LogP contribution >= 0.6 is 0 Å². The SMILES string of the molecule is CN=C(NCCCN(C)CCOC)NCC(C)c1ccccc1. The minimum absolute atomic E-state index is 0.454. The van der Waals surface area contributed by atoms with E-state index in [9.17, 15) is 0 Å². The second-order valence-electron chi connectivity index (χ2n) is 5.84. The molecule has 5 heteroatoms. The van der Waals surface area contributed by atoms with Gasteiger partial charge in [0.2, 0.25) is 0 Å². The molecule has 0 bridgehead atoms. The first-order valence-corrected chi connectivity index (χ1v) is 8.34. The van der Waals surface area contributed by atoms with Crippen LogP contribution in [-0.2, 0) is 4.74 Å². The third kappa shape index (κ3) is 8.57. The molecular formula is C18H32N4O. The molecule has 0 spiro atoms. The first-order valence-electron chi connectivity index (χ1n) is 8.34. The molecule has 0 radical (unpaired) electrons. The predicted octanol–water partition coefficient (Wildman–Crippen LogP) is 1.92. The number of nitrogens with zero attached hydrogens (tertiary/aromatic N) is 2. The molecule has 130 valence electrons. The van der Waals surface area contributed by atoms with Crippen molar-refractivity contribution < 1.29 is 4.74 Å². The van der Waals surface area contributed by atoms with E-state index in [-0.39, 0.29) is 0 Å². The summed E-state index contributed by atoms with van der Waals surface area (Å²) in [5.41, 5.74) is 1.34. The lowest BCUT2D eigenvalue weighted by Gasteiger charge is -2.18. The lowest BCUT2D eigenvalue weighted by Crippen LogP contribution is -2.40. The molecule has 0 aliphatic carbocycles. The summed E-state index contributed by atoms with van der Waals surface area (Å²) in [7, 11) is 5.67. The van der Waals surface area contributed by atoms with Gasteiger partial charge in [-0.15, -0.1) is 0 Å². The zero-order valence-electron chi connectivity index (χ0n) is 15.0. The third-order valence-corrected chi connectivity index (χ3v) is 3.85. The summed E-state index contributed by atoms with van der Waals surface area (Å²) in [6.07, 6.45) is 1.08. The summed E-state index contributed by atoms with van der Waals surface area (Å²) in [5, 5.41) is 6.76. The first kappa shape index (κ1) is 19.5. The molecule has 0 aliphatic rings. The van der Waals surface area contributed by atoms with Crippen LogP contribution in [0.1, 0.15) is 24.8 Å². The summed E-state index contributed by atoms with van der Waals surface area (Å²) in [4.78, 5) is 6.56. The number of ether oxygens (including phenoxy) is 1. The zero-order chi connectivity index (χ0) is 16.9. The van der Waals surface area contributed by atoms with Crippen molar-refractivity contribution in [2.45, 2.75) is 19.3 Å². The Kier molecular flexibility index (Phi) is 10.1. The number of hydrogen-bond donors (Lipinski definition) is 2. The Bertz CT molecular complexity index is 436. The highest BCUT2D eigenvalue weighted by Crippen LogP contribution is 2.12. The highest BCUT2D eigenvalue weighted by atomic mass is 16.5. The Morgan fingerprint density at radius 3 is 2.61 bits per heavy atom. The van der Waals surface area contributed by atoms with Gasteiger partial charge in [-0.2, -0.15) is 0 Å². The van der Waals surface area contributed by atoms with Crippen LogP contribution in [0.15, 0.2) is 35.3 Å². The third-order valence-electron chi connectivity index (χ3n) is 3.85. The predicted molar refractivity (Wildman–Crippen MR) is 98.2 cm³/mol. The molecule has 1 atom stereocenters. The summed E-state index contributed by atoms with van der Waals surface area (Å²) in [6.45, 7) is 6.81. The lowest BCUT2D eigenvalue weighted by molar-refractivity contribution is 0.161. The smallest absolute Gasteiger partial charge is 0.190 e. The van der Waals surface area contributed by atoms with Gasteiger partial charge in [-0.1, -0.05) is 37.3 Å². The molecule has 0 amide bonds. The van der Waals surface area contributed by atoms with E-state index in [0.29, 0.717) is 5.92 Å². The first-order chi connectivity index (χ1) is 11.2. The molecule has 1 rings (SSSR count). The van der Waals surface area contributed by atoms with Gasteiger partial charge in [-0.05, 0) is 31.5 Å². The molecule has 0 saturated carbocycles. The highest BCUT2D eigenvalue weighted by Gasteiger charge is 2.06. The molecule has 1 unspecified atom stereocenters. The Hall–Kier alpha value is -1.59. The van der Waals surface area contributed by atoms with Crippen molar-refractivity contribution in [3.8, 4) is 0 Å². The van der Waals surface area contributed by atoms with Crippen molar-refractivity contribution in [3.63, 3.8) is 0 Å². The van der Waals surface area contributed by atoms with Crippen LogP contribution < -0.4 is 10.6 Å². The number of aliphatic imine (C=N–C) groups is 1. The summed E-state index contributed by atoms with van der Waals surface area (Å²) in [5.74, 6) is 1.32. The van der Waals surface area contributed by atoms with Crippen molar-refractivity contribution >= 4 is 5.96 Å². The van der Waals surface area contributed by atoms with Crippen LogP contribution in [0.3, 0.4) is 0 Å². The zero-order valence-corrected chi connectivity index (χ0v) is 15.0. The molecule has 0 fully saturated rings. The van der Waals surface area contributed by atoms with Crippen LogP contribution in [0, 0.1) is 0 Å². The van der Waals surface area contributed by atoms with Crippen LogP contribution in [0.2, 0.25) is 0 Å². The summed E-state index contributed by atoms with van der Waals surface area (Å²) < 4.78 is 5.08. The molecule has 5 nitrogen and oxygen atoms in total. The summed E-state index contributed by atoms with van der Waals surface area (Å²) in [6, 6.07) is 10.5. The second-order valence-corrected chi connectivity index (χ2v) is 5.84. The Morgan fingerprint density at radius 2 is 1.96 bits per heavy atom. The molecule has 23 heavy (non-hydrogen) atoms. The average Bonchev–Trinajstić information content (AvgIpc) is 2.59. The van der Waals surface area contributed by atoms with Gasteiger partial charge in [0, 0.05) is 33.8 Å². The lowest BCUT2D eigenvalue weighted by atomic mass is 10.0. The van der Waals surface area contributed by atoms with Crippen molar-refractivity contribution in [1.29, 1.82) is 0 Å². The number of guanidine groups is 1. The fourth-order valence-electron chi connectivity index (χ4n) is 2.28. The van der Waals surface area contributed by atoms with Gasteiger partial charge in [-0.3, -0.25) is 4.99 Å². The topological polar surface area (TPSA) is 48.9 Å². The minimum Gasteiger partial charge on any atom is -0.383 e. The van der Waals surface area contributed by atoms with E-state index in [2.05, 4.69) is 58.8 Å². The number of rotatable bonds is 10. The molecular weight excluding hydrogens is 288 g/mol. The Balaban J connectivity index is 2.20. The molecule has 0 aromatic heterocycles. The average molecular weight is 320 g/mol. The van der Waals surface area contributed by atoms with Crippen LogP contribution in [-0.4, -0.2) is 64.9 Å². The van der Waals surface area contributed by atoms with Crippen molar-refractivity contribution in [2.24, 2.45) is 4.99 Å². The largest absolute Gasteiger partial charge is 0.383 e. The van der Waals surface area contributed by atoms with E-state index < -0.39 is 0 Å². The number of hydrogen-bond acceptors (Lipinski definition) is 3. The molecule has 0 saturated heterocycles. The van der Waals surface area contributed by atoms with Gasteiger partial charge in [0.15, 0.2) is 5.96 Å². The number of nitrogens with one attached hydrogen (secondary N) is 2. The maximum Gasteiger partial charge on any atom is 0.190 e. The van der Waals surface area contributed by atoms with Gasteiger partial charge in [0.1, 0.15) is 0 Å². The van der Waals surface area contributed by atoms with Crippen molar-refractivity contribution in [1.82, 2.24) is 15.5 Å². The van der Waals surface area contributed by atoms with Gasteiger partial charge in [0.25, 0.3) is 0 Å². The van der Waals surface area contributed by atoms with Crippen LogP contribution in [0.5, 0.6) is 0 Å². The van der Waals surface area contributed by atoms with Gasteiger partial charge >= 0.3 is 0 Å². The minimum atomic E-state index is 0.454. The highest BCUT2D eigenvalue weighted by molar-refractivity contribution is 5.79. The van der Waals surface area contributed by atoms with E-state index in [1.54, 1.807) is 7.11 Å². The van der Waals surface area contributed by atoms with E-state index in [1.165, 1.54) is 5.56 Å². The molecule has 1 aromatic carbocycles. The van der Waals surface area contributed by atoms with Crippen molar-refractivity contribution in [2.75, 3.05) is 54.0 Å². The van der Waals surface area contributed by atoms with Gasteiger partial charge < -0.3 is 20.3 Å². The Morgan fingerprint density at radius 1 is 1.22 bits per heavy atom. The fraction of sp³-hybridized carbons (Fsp3) is 0.611. The number of methoxy groups -OCH3 is 1. The maximum atomic E-state index is 5.08. The van der Waals surface area contributed by atoms with Crippen LogP contribution in [0.4, 0.5) is 0 Å². The number of benzene rings is 1. The fourth-order valence-corrected chi connectivity index (χ4v) is 2.28. The van der Waals surface area contributed by atoms with E-state index >= 15 is 0 Å². The quantitative estimate of drug-likeness (QED) is 0.393. The van der Waals surface area contributed by atoms with Gasteiger partial charge in [0.05, 0.1) is 6.61 Å². The molecule has 1 aromatic rings. The maximum absolute atomic E-state index is 5.08. The van der Waals surface area contributed by atoms with Crippen molar-refractivity contribution in [3.05, 3.63) is 35.9 Å². The van der Waals surface area contributed by atoms with Gasteiger partial charge in [-0.25, -0.2) is 0 Å². The molecule has 0 aliphatic heterocycles. The van der Waals surface area contributed by atoms with E-state index in [4.69, 9.17) is 4.74 Å². The van der Waals surface area contributed by atoms with E-state index in [1.807, 2.05) is 13.1 Å². The van der Waals surface area contributed by atoms with E-state index in [0.717, 1.165) is 45.2 Å². The normalized spacial score (nSPS) is 13.2. The standard InChI is InChI=1S/C18H32N4O/c1-16(17-9-6-5-7-10-17)15-21-18(19-2)20-11-8-12-22(3)13-14-23-4/h5-7,9-10,16H,8,11-15H2,1-4H3,(H2,19,20,21). The molecule has 2 N–H and O–H groups in total. The monoisotopic (exact) mass is 320 g/mol.